The fraction of sp³-hybridized carbons (Fsp3) is 0.250. The van der Waals surface area contributed by atoms with Gasteiger partial charge in [0.1, 0.15) is 5.82 Å². The van der Waals surface area contributed by atoms with E-state index in [-0.39, 0.29) is 11.7 Å². The number of pyridine rings is 1. The van der Waals surface area contributed by atoms with Crippen LogP contribution < -0.4 is 0 Å². The third kappa shape index (κ3) is 2.55. The second-order valence-corrected chi connectivity index (χ2v) is 4.86. The first-order valence-corrected chi connectivity index (χ1v) is 6.26. The third-order valence-electron chi connectivity index (χ3n) is 3.04. The van der Waals surface area contributed by atoms with Crippen molar-refractivity contribution >= 4 is 6.29 Å². The summed E-state index contributed by atoms with van der Waals surface area (Å²) in [4.78, 5) is 15.8. The van der Waals surface area contributed by atoms with Crippen LogP contribution in [-0.4, -0.2) is 11.3 Å². The molecule has 0 saturated carbocycles. The number of rotatable bonds is 3. The molecule has 2 rings (SSSR count). The lowest BCUT2D eigenvalue weighted by Gasteiger charge is -2.14. The van der Waals surface area contributed by atoms with Gasteiger partial charge >= 0.3 is 0 Å². The number of halogens is 1. The molecule has 0 atom stereocenters. The minimum Gasteiger partial charge on any atom is -0.298 e. The molecule has 0 N–H and O–H groups in total. The summed E-state index contributed by atoms with van der Waals surface area (Å²) in [7, 11) is 0. The van der Waals surface area contributed by atoms with Crippen LogP contribution in [0.5, 0.6) is 0 Å². The van der Waals surface area contributed by atoms with Gasteiger partial charge < -0.3 is 0 Å². The molecule has 0 unspecified atom stereocenters. The summed E-state index contributed by atoms with van der Waals surface area (Å²) >= 11 is 0. The van der Waals surface area contributed by atoms with Crippen molar-refractivity contribution in [2.45, 2.75) is 26.7 Å². The number of hydrogen-bond acceptors (Lipinski definition) is 2. The zero-order valence-corrected chi connectivity index (χ0v) is 11.3. The van der Waals surface area contributed by atoms with Gasteiger partial charge in [-0.05, 0) is 30.5 Å². The van der Waals surface area contributed by atoms with Crippen LogP contribution in [0.25, 0.3) is 11.1 Å². The van der Waals surface area contributed by atoms with Crippen molar-refractivity contribution in [1.82, 2.24) is 4.98 Å². The molecule has 19 heavy (non-hydrogen) atoms. The summed E-state index contributed by atoms with van der Waals surface area (Å²) < 4.78 is 13.9. The van der Waals surface area contributed by atoms with Crippen LogP contribution in [0.15, 0.2) is 30.3 Å². The summed E-state index contributed by atoms with van der Waals surface area (Å²) in [6.45, 7) is 5.80. The Morgan fingerprint density at radius 2 is 1.89 bits per heavy atom. The highest BCUT2D eigenvalue weighted by atomic mass is 19.1. The number of benzene rings is 1. The molecule has 0 spiro atoms. The van der Waals surface area contributed by atoms with Gasteiger partial charge in [0.2, 0.25) is 0 Å². The summed E-state index contributed by atoms with van der Waals surface area (Å²) in [6.07, 6.45) is 0.767. The van der Waals surface area contributed by atoms with E-state index in [4.69, 9.17) is 0 Å². The molecule has 2 aromatic rings. The monoisotopic (exact) mass is 257 g/mol. The third-order valence-corrected chi connectivity index (χ3v) is 3.04. The maximum atomic E-state index is 13.9. The summed E-state index contributed by atoms with van der Waals surface area (Å²) in [5.41, 5.74) is 3.04. The van der Waals surface area contributed by atoms with Gasteiger partial charge in [-0.1, -0.05) is 32.0 Å². The molecule has 0 amide bonds. The zero-order chi connectivity index (χ0) is 14.0. The number of aryl methyl sites for hydroxylation is 1. The fourth-order valence-electron chi connectivity index (χ4n) is 2.17. The van der Waals surface area contributed by atoms with E-state index in [0.717, 1.165) is 12.0 Å². The zero-order valence-electron chi connectivity index (χ0n) is 11.3. The van der Waals surface area contributed by atoms with Crippen LogP contribution in [0.2, 0.25) is 0 Å². The largest absolute Gasteiger partial charge is 0.298 e. The smallest absolute Gasteiger partial charge is 0.152 e. The van der Waals surface area contributed by atoms with Gasteiger partial charge in [-0.2, -0.15) is 0 Å². The minimum absolute atomic E-state index is 0.116. The summed E-state index contributed by atoms with van der Waals surface area (Å²) in [6, 6.07) is 8.23. The van der Waals surface area contributed by atoms with Crippen molar-refractivity contribution in [1.29, 1.82) is 0 Å². The molecule has 0 radical (unpaired) electrons. The number of carbonyl (C=O) groups is 1. The maximum absolute atomic E-state index is 13.9. The second kappa shape index (κ2) is 5.31. The molecule has 0 bridgehead atoms. The topological polar surface area (TPSA) is 30.0 Å². The molecule has 0 aliphatic heterocycles. The molecule has 2 nitrogen and oxygen atoms in total. The Hall–Kier alpha value is -2.03. The lowest BCUT2D eigenvalue weighted by molar-refractivity contribution is 0.112. The van der Waals surface area contributed by atoms with Gasteiger partial charge in [-0.25, -0.2) is 4.39 Å². The Morgan fingerprint density at radius 3 is 2.47 bits per heavy atom. The van der Waals surface area contributed by atoms with Crippen molar-refractivity contribution in [2.75, 3.05) is 0 Å². The predicted octanol–water partition coefficient (Wildman–Crippen LogP) is 4.13. The molecule has 3 heteroatoms. The number of nitrogens with zero attached hydrogens (tertiary/aromatic N) is 1. The van der Waals surface area contributed by atoms with Gasteiger partial charge in [0.05, 0.1) is 5.69 Å². The number of carbonyl (C=O) groups excluding carboxylic acids is 1. The number of aldehydes is 1. The van der Waals surface area contributed by atoms with Crippen LogP contribution in [-0.2, 0) is 0 Å². The lowest BCUT2D eigenvalue weighted by Crippen LogP contribution is -2.04. The number of hydrogen-bond donors (Lipinski definition) is 0. The van der Waals surface area contributed by atoms with E-state index >= 15 is 0 Å². The Labute approximate surface area is 112 Å². The highest BCUT2D eigenvalue weighted by molar-refractivity contribution is 5.89. The molecular weight excluding hydrogens is 241 g/mol. The molecule has 0 fully saturated rings. The average Bonchev–Trinajstić information content (AvgIpc) is 2.38. The summed E-state index contributed by atoms with van der Waals surface area (Å²) in [5, 5.41) is 0. The first kappa shape index (κ1) is 13.4. The van der Waals surface area contributed by atoms with Gasteiger partial charge in [-0.15, -0.1) is 0 Å². The first-order valence-electron chi connectivity index (χ1n) is 6.26. The van der Waals surface area contributed by atoms with Crippen LogP contribution >= 0.6 is 0 Å². The van der Waals surface area contributed by atoms with Crippen LogP contribution in [0, 0.1) is 12.7 Å². The Balaban J connectivity index is 2.76. The Morgan fingerprint density at radius 1 is 1.21 bits per heavy atom. The molecule has 0 saturated heterocycles. The van der Waals surface area contributed by atoms with Crippen molar-refractivity contribution in [3.05, 3.63) is 53.1 Å². The molecule has 0 aliphatic rings. The van der Waals surface area contributed by atoms with E-state index in [0.29, 0.717) is 22.4 Å². The van der Waals surface area contributed by atoms with Gasteiger partial charge in [-0.3, -0.25) is 9.78 Å². The van der Waals surface area contributed by atoms with E-state index in [1.165, 1.54) is 6.07 Å². The molecule has 1 aromatic carbocycles. The Kier molecular flexibility index (Phi) is 3.74. The quantitative estimate of drug-likeness (QED) is 0.774. The molecular formula is C16H16FNO. The minimum atomic E-state index is -0.328. The molecule has 1 heterocycles. The SMILES string of the molecule is Cc1cc(-c2ccccc2F)c(C=O)c(C(C)C)n1. The molecule has 0 aliphatic carbocycles. The van der Waals surface area contributed by atoms with Crippen LogP contribution in [0.1, 0.15) is 41.5 Å². The van der Waals surface area contributed by atoms with E-state index in [2.05, 4.69) is 4.98 Å². The maximum Gasteiger partial charge on any atom is 0.152 e. The van der Waals surface area contributed by atoms with Crippen molar-refractivity contribution in [3.8, 4) is 11.1 Å². The standard InChI is InChI=1S/C16H16FNO/c1-10(2)16-14(9-19)13(8-11(3)18-16)12-6-4-5-7-15(12)17/h4-10H,1-3H3. The van der Waals surface area contributed by atoms with Gasteiger partial charge in [0, 0.05) is 16.8 Å². The highest BCUT2D eigenvalue weighted by Crippen LogP contribution is 2.30. The van der Waals surface area contributed by atoms with E-state index in [1.807, 2.05) is 20.8 Å². The fourth-order valence-corrected chi connectivity index (χ4v) is 2.17. The average molecular weight is 257 g/mol. The first-order chi connectivity index (χ1) is 9.04. The van der Waals surface area contributed by atoms with E-state index < -0.39 is 0 Å². The van der Waals surface area contributed by atoms with Crippen molar-refractivity contribution < 1.29 is 9.18 Å². The van der Waals surface area contributed by atoms with E-state index in [1.54, 1.807) is 24.3 Å². The second-order valence-electron chi connectivity index (χ2n) is 4.86. The normalized spacial score (nSPS) is 10.8. The van der Waals surface area contributed by atoms with E-state index in [9.17, 15) is 9.18 Å². The molecule has 98 valence electrons. The Bertz CT molecular complexity index is 620. The van der Waals surface area contributed by atoms with Crippen molar-refractivity contribution in [3.63, 3.8) is 0 Å². The van der Waals surface area contributed by atoms with Crippen molar-refractivity contribution in [2.24, 2.45) is 0 Å². The van der Waals surface area contributed by atoms with Crippen LogP contribution in [0.3, 0.4) is 0 Å². The van der Waals surface area contributed by atoms with Gasteiger partial charge in [0.15, 0.2) is 6.29 Å². The highest BCUT2D eigenvalue weighted by Gasteiger charge is 2.16. The predicted molar refractivity (Wildman–Crippen MR) is 73.8 cm³/mol. The summed E-state index contributed by atoms with van der Waals surface area (Å²) in [5.74, 6) is -0.212. The van der Waals surface area contributed by atoms with Gasteiger partial charge in [0.25, 0.3) is 0 Å². The number of aromatic nitrogens is 1. The lowest BCUT2D eigenvalue weighted by atomic mass is 9.94. The van der Waals surface area contributed by atoms with Crippen LogP contribution in [0.4, 0.5) is 4.39 Å². The molecule has 1 aromatic heterocycles.